The molecule has 0 aliphatic carbocycles. The molecule has 1 unspecified atom stereocenters. The molecule has 13 heavy (non-hydrogen) atoms. The number of nitrogens with one attached hydrogen (secondary N) is 1. The van der Waals surface area contributed by atoms with Crippen molar-refractivity contribution >= 4 is 5.91 Å². The molecule has 1 aliphatic heterocycles. The number of carbonyl (C=O) groups excluding carboxylic acids is 1. The van der Waals surface area contributed by atoms with Gasteiger partial charge in [0.2, 0.25) is 0 Å². The van der Waals surface area contributed by atoms with Gasteiger partial charge < -0.3 is 15.0 Å². The second-order valence-electron chi connectivity index (χ2n) is 3.16. The smallest absolute Gasteiger partial charge is 0.272 e. The molecule has 0 spiro atoms. The molecule has 1 amide bonds. The standard InChI is InChI=1S/C8H11N3O2/c1-5(3-12)11-4-10-7-6(11)2-9-8(7)13/h4-5,12H,2-3H2,1H3,(H,9,13). The Kier molecular flexibility index (Phi) is 1.81. The molecule has 0 saturated heterocycles. The minimum absolute atomic E-state index is 0.0241. The first kappa shape index (κ1) is 8.25. The average Bonchev–Trinajstić information content (AvgIpc) is 2.68. The van der Waals surface area contributed by atoms with Crippen LogP contribution in [0.3, 0.4) is 0 Å². The summed E-state index contributed by atoms with van der Waals surface area (Å²) in [7, 11) is 0. The molecule has 1 atom stereocenters. The normalized spacial score (nSPS) is 16.9. The minimum atomic E-state index is -0.126. The number of aliphatic hydroxyl groups is 1. The molecule has 1 aliphatic rings. The molecule has 2 heterocycles. The molecule has 2 rings (SSSR count). The number of fused-ring (bicyclic) bond motifs is 1. The minimum Gasteiger partial charge on any atom is -0.394 e. The van der Waals surface area contributed by atoms with Crippen LogP contribution in [0.4, 0.5) is 0 Å². The molecule has 2 N–H and O–H groups in total. The Bertz CT molecular complexity index is 345. The summed E-state index contributed by atoms with van der Waals surface area (Å²) in [5.74, 6) is -0.126. The van der Waals surface area contributed by atoms with Crippen LogP contribution in [0.25, 0.3) is 0 Å². The van der Waals surface area contributed by atoms with Crippen LogP contribution in [-0.4, -0.2) is 27.2 Å². The van der Waals surface area contributed by atoms with E-state index in [1.54, 1.807) is 6.33 Å². The summed E-state index contributed by atoms with van der Waals surface area (Å²) < 4.78 is 1.83. The zero-order valence-corrected chi connectivity index (χ0v) is 7.32. The van der Waals surface area contributed by atoms with Crippen molar-refractivity contribution in [3.8, 4) is 0 Å². The van der Waals surface area contributed by atoms with E-state index in [1.165, 1.54) is 0 Å². The summed E-state index contributed by atoms with van der Waals surface area (Å²) in [4.78, 5) is 15.1. The van der Waals surface area contributed by atoms with Crippen LogP contribution in [0.5, 0.6) is 0 Å². The first-order valence-corrected chi connectivity index (χ1v) is 4.18. The van der Waals surface area contributed by atoms with Crippen molar-refractivity contribution in [1.29, 1.82) is 0 Å². The SMILES string of the molecule is CC(CO)n1cnc2c1CNC2=O. The Balaban J connectivity index is 2.40. The lowest BCUT2D eigenvalue weighted by Gasteiger charge is -2.11. The summed E-state index contributed by atoms with van der Waals surface area (Å²) in [6.07, 6.45) is 1.60. The number of aromatic nitrogens is 2. The van der Waals surface area contributed by atoms with E-state index >= 15 is 0 Å². The van der Waals surface area contributed by atoms with Crippen molar-refractivity contribution in [1.82, 2.24) is 14.9 Å². The van der Waals surface area contributed by atoms with Crippen molar-refractivity contribution in [2.75, 3.05) is 6.61 Å². The van der Waals surface area contributed by atoms with E-state index in [0.717, 1.165) is 5.69 Å². The van der Waals surface area contributed by atoms with Crippen LogP contribution < -0.4 is 5.32 Å². The number of imidazole rings is 1. The van der Waals surface area contributed by atoms with Gasteiger partial charge in [-0.1, -0.05) is 0 Å². The molecule has 1 aromatic rings. The van der Waals surface area contributed by atoms with Crippen molar-refractivity contribution in [2.45, 2.75) is 19.5 Å². The van der Waals surface area contributed by atoms with Gasteiger partial charge >= 0.3 is 0 Å². The van der Waals surface area contributed by atoms with Gasteiger partial charge in [0, 0.05) is 0 Å². The fourth-order valence-electron chi connectivity index (χ4n) is 1.47. The van der Waals surface area contributed by atoms with Crippen molar-refractivity contribution in [3.63, 3.8) is 0 Å². The molecule has 0 saturated carbocycles. The van der Waals surface area contributed by atoms with E-state index in [4.69, 9.17) is 5.11 Å². The third-order valence-corrected chi connectivity index (χ3v) is 2.27. The Hall–Kier alpha value is -1.36. The van der Waals surface area contributed by atoms with Gasteiger partial charge in [0.1, 0.15) is 0 Å². The maximum absolute atomic E-state index is 11.1. The van der Waals surface area contributed by atoms with E-state index in [2.05, 4.69) is 10.3 Å². The quantitative estimate of drug-likeness (QED) is 0.657. The monoisotopic (exact) mass is 181 g/mol. The highest BCUT2D eigenvalue weighted by Gasteiger charge is 2.25. The molecular formula is C8H11N3O2. The first-order chi connectivity index (χ1) is 6.24. The Morgan fingerprint density at radius 2 is 2.62 bits per heavy atom. The van der Waals surface area contributed by atoms with Crippen LogP contribution in [0.1, 0.15) is 29.1 Å². The van der Waals surface area contributed by atoms with Crippen molar-refractivity contribution in [2.24, 2.45) is 0 Å². The molecule has 1 aromatic heterocycles. The maximum atomic E-state index is 11.1. The average molecular weight is 181 g/mol. The number of hydrogen-bond acceptors (Lipinski definition) is 3. The van der Waals surface area contributed by atoms with Gasteiger partial charge in [-0.2, -0.15) is 0 Å². The van der Waals surface area contributed by atoms with Crippen LogP contribution in [0.2, 0.25) is 0 Å². The Morgan fingerprint density at radius 3 is 3.31 bits per heavy atom. The second-order valence-corrected chi connectivity index (χ2v) is 3.16. The zero-order valence-electron chi connectivity index (χ0n) is 7.32. The molecule has 0 bridgehead atoms. The molecule has 0 radical (unpaired) electrons. The summed E-state index contributed by atoms with van der Waals surface area (Å²) in [5, 5.41) is 11.6. The summed E-state index contributed by atoms with van der Waals surface area (Å²) >= 11 is 0. The maximum Gasteiger partial charge on any atom is 0.272 e. The van der Waals surface area contributed by atoms with Crippen LogP contribution in [0.15, 0.2) is 6.33 Å². The fourth-order valence-corrected chi connectivity index (χ4v) is 1.47. The van der Waals surface area contributed by atoms with Gasteiger partial charge in [-0.3, -0.25) is 4.79 Å². The van der Waals surface area contributed by atoms with E-state index < -0.39 is 0 Å². The van der Waals surface area contributed by atoms with Gasteiger partial charge in [0.15, 0.2) is 5.69 Å². The van der Waals surface area contributed by atoms with E-state index in [0.29, 0.717) is 12.2 Å². The third-order valence-electron chi connectivity index (χ3n) is 2.27. The third kappa shape index (κ3) is 1.12. The second kappa shape index (κ2) is 2.85. The molecular weight excluding hydrogens is 170 g/mol. The summed E-state index contributed by atoms with van der Waals surface area (Å²) in [6.45, 7) is 2.44. The topological polar surface area (TPSA) is 67.2 Å². The summed E-state index contributed by atoms with van der Waals surface area (Å²) in [6, 6.07) is -0.0241. The number of amides is 1. The molecule has 70 valence electrons. The molecule has 0 fully saturated rings. The zero-order chi connectivity index (χ0) is 9.42. The number of carbonyl (C=O) groups is 1. The van der Waals surface area contributed by atoms with Gasteiger partial charge in [-0.25, -0.2) is 4.98 Å². The number of nitrogens with zero attached hydrogens (tertiary/aromatic N) is 2. The predicted molar refractivity (Wildman–Crippen MR) is 45.2 cm³/mol. The van der Waals surface area contributed by atoms with Gasteiger partial charge in [-0.05, 0) is 6.92 Å². The van der Waals surface area contributed by atoms with Gasteiger partial charge in [-0.15, -0.1) is 0 Å². The summed E-state index contributed by atoms with van der Waals surface area (Å²) in [5.41, 5.74) is 1.35. The highest BCUT2D eigenvalue weighted by Crippen LogP contribution is 2.17. The molecule has 0 aromatic carbocycles. The highest BCUT2D eigenvalue weighted by molar-refractivity contribution is 5.95. The van der Waals surface area contributed by atoms with Gasteiger partial charge in [0.25, 0.3) is 5.91 Å². The largest absolute Gasteiger partial charge is 0.394 e. The lowest BCUT2D eigenvalue weighted by Crippen LogP contribution is -2.16. The first-order valence-electron chi connectivity index (χ1n) is 4.18. The Labute approximate surface area is 75.4 Å². The number of hydrogen-bond donors (Lipinski definition) is 2. The van der Waals surface area contributed by atoms with Crippen LogP contribution in [0, 0.1) is 0 Å². The molecule has 5 heteroatoms. The van der Waals surface area contributed by atoms with Gasteiger partial charge in [0.05, 0.1) is 31.2 Å². The number of rotatable bonds is 2. The van der Waals surface area contributed by atoms with Crippen molar-refractivity contribution in [3.05, 3.63) is 17.7 Å². The number of aliphatic hydroxyl groups excluding tert-OH is 1. The van der Waals surface area contributed by atoms with E-state index in [9.17, 15) is 4.79 Å². The van der Waals surface area contributed by atoms with Crippen LogP contribution in [-0.2, 0) is 6.54 Å². The lowest BCUT2D eigenvalue weighted by atomic mass is 10.3. The van der Waals surface area contributed by atoms with E-state index in [-0.39, 0.29) is 18.6 Å². The molecule has 5 nitrogen and oxygen atoms in total. The predicted octanol–water partition coefficient (Wildman–Crippen LogP) is -0.320. The Morgan fingerprint density at radius 1 is 1.85 bits per heavy atom. The van der Waals surface area contributed by atoms with E-state index in [1.807, 2.05) is 11.5 Å². The van der Waals surface area contributed by atoms with Crippen molar-refractivity contribution < 1.29 is 9.90 Å². The van der Waals surface area contributed by atoms with Crippen LogP contribution >= 0.6 is 0 Å². The fraction of sp³-hybridized carbons (Fsp3) is 0.500. The lowest BCUT2D eigenvalue weighted by molar-refractivity contribution is 0.0961. The highest BCUT2D eigenvalue weighted by atomic mass is 16.3.